The Bertz CT molecular complexity index is 947. The molecule has 0 spiro atoms. The molecule has 0 saturated carbocycles. The van der Waals surface area contributed by atoms with Crippen LogP contribution in [0.2, 0.25) is 5.02 Å². The fourth-order valence-electron chi connectivity index (χ4n) is 3.20. The third-order valence-corrected chi connectivity index (χ3v) is 4.97. The van der Waals surface area contributed by atoms with Crippen molar-refractivity contribution in [3.05, 3.63) is 47.0 Å². The van der Waals surface area contributed by atoms with E-state index >= 15 is 0 Å². The largest absolute Gasteiger partial charge is 0.492 e. The number of anilines is 1. The van der Waals surface area contributed by atoms with Crippen LogP contribution < -0.4 is 19.5 Å². The maximum absolute atomic E-state index is 12.5. The minimum Gasteiger partial charge on any atom is -0.492 e. The molecule has 2 heterocycles. The maximum atomic E-state index is 12.5. The standard InChI is InChI=1S/C21H20ClNO6/c1-12(20(24)23-16-3-5-18-19(10-16)27-7-6-26-18)29-21(25)14-8-13-9-15(22)2-4-17(13)28-11-14/h2-5,9-10,12,14H,6-8,11H2,1H3,(H,23,24)/t12-,14+/m1/s1. The molecule has 2 atom stereocenters. The van der Waals surface area contributed by atoms with Crippen molar-refractivity contribution in [2.45, 2.75) is 19.4 Å². The van der Waals surface area contributed by atoms with Crippen molar-refractivity contribution < 1.29 is 28.5 Å². The average Bonchev–Trinajstić information content (AvgIpc) is 2.73. The lowest BCUT2D eigenvalue weighted by Crippen LogP contribution is -2.36. The van der Waals surface area contributed by atoms with Gasteiger partial charge in [0, 0.05) is 16.8 Å². The minimum absolute atomic E-state index is 0.198. The molecule has 1 N–H and O–H groups in total. The smallest absolute Gasteiger partial charge is 0.313 e. The van der Waals surface area contributed by atoms with Gasteiger partial charge in [0.25, 0.3) is 5.91 Å². The molecule has 2 aliphatic rings. The average molecular weight is 418 g/mol. The van der Waals surface area contributed by atoms with E-state index in [0.717, 1.165) is 5.56 Å². The van der Waals surface area contributed by atoms with Crippen molar-refractivity contribution in [2.75, 3.05) is 25.1 Å². The lowest BCUT2D eigenvalue weighted by molar-refractivity contribution is -0.158. The fourth-order valence-corrected chi connectivity index (χ4v) is 3.40. The van der Waals surface area contributed by atoms with Gasteiger partial charge in [-0.05, 0) is 49.2 Å². The summed E-state index contributed by atoms with van der Waals surface area (Å²) >= 11 is 6.01. The fraction of sp³-hybridized carbons (Fsp3) is 0.333. The number of amides is 1. The van der Waals surface area contributed by atoms with E-state index in [2.05, 4.69) is 5.32 Å². The number of carbonyl (C=O) groups is 2. The Hall–Kier alpha value is -2.93. The van der Waals surface area contributed by atoms with E-state index in [9.17, 15) is 9.59 Å². The number of halogens is 1. The zero-order valence-electron chi connectivity index (χ0n) is 15.8. The van der Waals surface area contributed by atoms with Crippen molar-refractivity contribution in [3.63, 3.8) is 0 Å². The number of benzene rings is 2. The molecular weight excluding hydrogens is 398 g/mol. The Labute approximate surface area is 172 Å². The molecule has 2 aliphatic heterocycles. The van der Waals surface area contributed by atoms with Crippen molar-refractivity contribution in [1.29, 1.82) is 0 Å². The third kappa shape index (κ3) is 4.40. The number of fused-ring (bicyclic) bond motifs is 2. The van der Waals surface area contributed by atoms with Gasteiger partial charge in [-0.15, -0.1) is 0 Å². The SMILES string of the molecule is C[C@@H](OC(=O)[C@@H]1COc2ccc(Cl)cc2C1)C(=O)Nc1ccc2c(c1)OCCO2. The zero-order valence-corrected chi connectivity index (χ0v) is 16.5. The van der Waals surface area contributed by atoms with Gasteiger partial charge < -0.3 is 24.3 Å². The molecule has 0 aromatic heterocycles. The van der Waals surface area contributed by atoms with Crippen molar-refractivity contribution in [3.8, 4) is 17.2 Å². The summed E-state index contributed by atoms with van der Waals surface area (Å²) in [5.41, 5.74) is 1.38. The zero-order chi connectivity index (χ0) is 20.4. The summed E-state index contributed by atoms with van der Waals surface area (Å²) in [6.45, 7) is 2.67. The number of esters is 1. The molecule has 152 valence electrons. The molecule has 0 saturated heterocycles. The van der Waals surface area contributed by atoms with Crippen LogP contribution in [0.5, 0.6) is 17.2 Å². The molecular formula is C21H20ClNO6. The highest BCUT2D eigenvalue weighted by Crippen LogP contribution is 2.33. The summed E-state index contributed by atoms with van der Waals surface area (Å²) in [6.07, 6.45) is -0.512. The first-order valence-corrected chi connectivity index (χ1v) is 9.69. The van der Waals surface area contributed by atoms with Crippen LogP contribution in [0, 0.1) is 5.92 Å². The Kier molecular flexibility index (Phi) is 5.49. The molecule has 0 unspecified atom stereocenters. The van der Waals surface area contributed by atoms with E-state index in [4.69, 9.17) is 30.5 Å². The second kappa shape index (κ2) is 8.21. The molecule has 8 heteroatoms. The highest BCUT2D eigenvalue weighted by Gasteiger charge is 2.30. The minimum atomic E-state index is -0.962. The molecule has 0 fully saturated rings. The van der Waals surface area contributed by atoms with Gasteiger partial charge in [0.2, 0.25) is 0 Å². The van der Waals surface area contributed by atoms with Crippen LogP contribution >= 0.6 is 11.6 Å². The van der Waals surface area contributed by atoms with E-state index < -0.39 is 23.9 Å². The Morgan fingerprint density at radius 3 is 2.66 bits per heavy atom. The molecule has 0 aliphatic carbocycles. The monoisotopic (exact) mass is 417 g/mol. The van der Waals surface area contributed by atoms with Gasteiger partial charge >= 0.3 is 5.97 Å². The number of rotatable bonds is 4. The summed E-state index contributed by atoms with van der Waals surface area (Å²) < 4.78 is 21.9. The van der Waals surface area contributed by atoms with E-state index in [1.54, 1.807) is 36.4 Å². The van der Waals surface area contributed by atoms with Crippen LogP contribution in [0.4, 0.5) is 5.69 Å². The first-order chi connectivity index (χ1) is 14.0. The molecule has 2 aromatic rings. The van der Waals surface area contributed by atoms with Gasteiger partial charge in [-0.3, -0.25) is 9.59 Å². The molecule has 2 aromatic carbocycles. The first-order valence-electron chi connectivity index (χ1n) is 9.32. The van der Waals surface area contributed by atoms with Crippen LogP contribution in [0.15, 0.2) is 36.4 Å². The Balaban J connectivity index is 1.34. The number of ether oxygens (including phenoxy) is 4. The van der Waals surface area contributed by atoms with Crippen molar-refractivity contribution in [2.24, 2.45) is 5.92 Å². The quantitative estimate of drug-likeness (QED) is 0.769. The molecule has 0 bridgehead atoms. The summed E-state index contributed by atoms with van der Waals surface area (Å²) in [5, 5.41) is 3.30. The van der Waals surface area contributed by atoms with E-state index in [1.165, 1.54) is 6.92 Å². The predicted octanol–water partition coefficient (Wildman–Crippen LogP) is 3.23. The normalized spacial score (nSPS) is 18.1. The Morgan fingerprint density at radius 2 is 1.83 bits per heavy atom. The van der Waals surface area contributed by atoms with Crippen LogP contribution in [-0.2, 0) is 20.7 Å². The first kappa shape index (κ1) is 19.4. The van der Waals surface area contributed by atoms with Crippen molar-refractivity contribution >= 4 is 29.2 Å². The predicted molar refractivity (Wildman–Crippen MR) is 106 cm³/mol. The van der Waals surface area contributed by atoms with Crippen LogP contribution in [-0.4, -0.2) is 37.8 Å². The molecule has 4 rings (SSSR count). The van der Waals surface area contributed by atoms with Gasteiger partial charge in [-0.25, -0.2) is 0 Å². The summed E-state index contributed by atoms with van der Waals surface area (Å²) in [4.78, 5) is 24.9. The molecule has 7 nitrogen and oxygen atoms in total. The van der Waals surface area contributed by atoms with E-state index in [0.29, 0.717) is 47.6 Å². The highest BCUT2D eigenvalue weighted by atomic mass is 35.5. The number of hydrogen-bond acceptors (Lipinski definition) is 6. The van der Waals surface area contributed by atoms with Gasteiger partial charge in [0.15, 0.2) is 17.6 Å². The summed E-state index contributed by atoms with van der Waals surface area (Å²) in [5.74, 6) is 0.491. The van der Waals surface area contributed by atoms with Gasteiger partial charge in [0.05, 0.1) is 5.92 Å². The van der Waals surface area contributed by atoms with Crippen LogP contribution in [0.1, 0.15) is 12.5 Å². The van der Waals surface area contributed by atoms with E-state index in [-0.39, 0.29) is 6.61 Å². The van der Waals surface area contributed by atoms with Gasteiger partial charge in [-0.2, -0.15) is 0 Å². The molecule has 1 amide bonds. The van der Waals surface area contributed by atoms with Crippen molar-refractivity contribution in [1.82, 2.24) is 0 Å². The topological polar surface area (TPSA) is 83.1 Å². The molecule has 0 radical (unpaired) electrons. The second-order valence-electron chi connectivity index (χ2n) is 6.89. The lowest BCUT2D eigenvalue weighted by Gasteiger charge is -2.25. The van der Waals surface area contributed by atoms with Gasteiger partial charge in [0.1, 0.15) is 25.6 Å². The maximum Gasteiger partial charge on any atom is 0.313 e. The van der Waals surface area contributed by atoms with E-state index in [1.807, 2.05) is 0 Å². The van der Waals surface area contributed by atoms with Gasteiger partial charge in [-0.1, -0.05) is 11.6 Å². The van der Waals surface area contributed by atoms with Crippen LogP contribution in [0.3, 0.4) is 0 Å². The number of hydrogen-bond donors (Lipinski definition) is 1. The highest BCUT2D eigenvalue weighted by molar-refractivity contribution is 6.30. The number of nitrogens with one attached hydrogen (secondary N) is 1. The second-order valence-corrected chi connectivity index (χ2v) is 7.33. The lowest BCUT2D eigenvalue weighted by atomic mass is 9.97. The number of carbonyl (C=O) groups excluding carboxylic acids is 2. The third-order valence-electron chi connectivity index (χ3n) is 4.73. The summed E-state index contributed by atoms with van der Waals surface area (Å²) in [7, 11) is 0. The van der Waals surface area contributed by atoms with Crippen LogP contribution in [0.25, 0.3) is 0 Å². The Morgan fingerprint density at radius 1 is 1.07 bits per heavy atom. The molecule has 29 heavy (non-hydrogen) atoms. The summed E-state index contributed by atoms with van der Waals surface area (Å²) in [6, 6.07) is 10.4.